The lowest BCUT2D eigenvalue weighted by molar-refractivity contribution is 0.0698. The zero-order valence-electron chi connectivity index (χ0n) is 10.6. The van der Waals surface area contributed by atoms with Gasteiger partial charge in [0.2, 0.25) is 0 Å². The van der Waals surface area contributed by atoms with E-state index in [0.29, 0.717) is 11.7 Å². The lowest BCUT2D eigenvalue weighted by Gasteiger charge is -2.28. The normalized spacial score (nSPS) is 23.6. The fraction of sp³-hybridized carbons (Fsp3) is 0.500. The Morgan fingerprint density at radius 2 is 2.22 bits per heavy atom. The molecule has 1 aliphatic rings. The van der Waals surface area contributed by atoms with Crippen LogP contribution in [-0.4, -0.2) is 17.1 Å². The van der Waals surface area contributed by atoms with E-state index in [4.69, 9.17) is 10.8 Å². The molecule has 1 fully saturated rings. The number of benzene rings is 1. The predicted octanol–water partition coefficient (Wildman–Crippen LogP) is 2.96. The number of hydrogen-bond acceptors (Lipinski definition) is 3. The van der Waals surface area contributed by atoms with Gasteiger partial charge in [-0.25, -0.2) is 4.79 Å². The average Bonchev–Trinajstić information content (AvgIpc) is 2.28. The second-order valence-electron chi connectivity index (χ2n) is 5.22. The summed E-state index contributed by atoms with van der Waals surface area (Å²) >= 11 is 0. The first-order chi connectivity index (χ1) is 8.56. The molecule has 0 amide bonds. The third kappa shape index (κ3) is 2.94. The van der Waals surface area contributed by atoms with Gasteiger partial charge >= 0.3 is 5.97 Å². The Balaban J connectivity index is 2.05. The maximum absolute atomic E-state index is 10.9. The van der Waals surface area contributed by atoms with Crippen molar-refractivity contribution in [3.63, 3.8) is 0 Å². The zero-order chi connectivity index (χ0) is 13.1. The molecule has 4 nitrogen and oxygen atoms in total. The molecular weight excluding hydrogens is 228 g/mol. The van der Waals surface area contributed by atoms with Gasteiger partial charge in [-0.2, -0.15) is 0 Å². The number of rotatable bonds is 3. The summed E-state index contributed by atoms with van der Waals surface area (Å²) in [5, 5.41) is 12.4. The van der Waals surface area contributed by atoms with E-state index in [2.05, 4.69) is 12.2 Å². The van der Waals surface area contributed by atoms with Gasteiger partial charge in [0.25, 0.3) is 0 Å². The molecule has 1 saturated carbocycles. The quantitative estimate of drug-likeness (QED) is 0.719. The molecule has 18 heavy (non-hydrogen) atoms. The largest absolute Gasteiger partial charge is 0.478 e. The van der Waals surface area contributed by atoms with Gasteiger partial charge in [0, 0.05) is 17.4 Å². The molecule has 2 atom stereocenters. The van der Waals surface area contributed by atoms with Crippen molar-refractivity contribution < 1.29 is 9.90 Å². The third-order valence-electron chi connectivity index (χ3n) is 3.59. The molecule has 1 aromatic carbocycles. The summed E-state index contributed by atoms with van der Waals surface area (Å²) in [4.78, 5) is 10.9. The molecule has 4 N–H and O–H groups in total. The zero-order valence-corrected chi connectivity index (χ0v) is 10.6. The van der Waals surface area contributed by atoms with Crippen LogP contribution in [0.2, 0.25) is 0 Å². The van der Waals surface area contributed by atoms with Gasteiger partial charge in [-0.15, -0.1) is 0 Å². The SMILES string of the molecule is CC1CCCC(Nc2ccc(C(=O)O)c(N)c2)C1. The van der Waals surface area contributed by atoms with Crippen LogP contribution in [0.1, 0.15) is 43.0 Å². The fourth-order valence-electron chi connectivity index (χ4n) is 2.65. The molecule has 4 heteroatoms. The minimum atomic E-state index is -0.981. The number of nitrogens with one attached hydrogen (secondary N) is 1. The Morgan fingerprint density at radius 3 is 2.83 bits per heavy atom. The van der Waals surface area contributed by atoms with Gasteiger partial charge in [-0.05, 0) is 37.0 Å². The first-order valence-electron chi connectivity index (χ1n) is 6.45. The summed E-state index contributed by atoms with van der Waals surface area (Å²) in [6.45, 7) is 2.27. The van der Waals surface area contributed by atoms with E-state index in [0.717, 1.165) is 11.6 Å². The van der Waals surface area contributed by atoms with Gasteiger partial charge in [-0.3, -0.25) is 0 Å². The highest BCUT2D eigenvalue weighted by Gasteiger charge is 2.18. The molecule has 2 rings (SSSR count). The van der Waals surface area contributed by atoms with E-state index in [1.807, 2.05) is 0 Å². The van der Waals surface area contributed by atoms with Crippen molar-refractivity contribution in [2.45, 2.75) is 38.6 Å². The van der Waals surface area contributed by atoms with Crippen LogP contribution in [0.5, 0.6) is 0 Å². The molecule has 0 heterocycles. The van der Waals surface area contributed by atoms with Crippen LogP contribution in [0, 0.1) is 5.92 Å². The monoisotopic (exact) mass is 248 g/mol. The molecule has 1 aliphatic carbocycles. The molecule has 0 spiro atoms. The average molecular weight is 248 g/mol. The van der Waals surface area contributed by atoms with Crippen LogP contribution in [0.3, 0.4) is 0 Å². The third-order valence-corrected chi connectivity index (χ3v) is 3.59. The molecule has 98 valence electrons. The minimum Gasteiger partial charge on any atom is -0.478 e. The second kappa shape index (κ2) is 5.29. The molecule has 0 radical (unpaired) electrons. The van der Waals surface area contributed by atoms with E-state index >= 15 is 0 Å². The van der Waals surface area contributed by atoms with E-state index in [9.17, 15) is 4.79 Å². The topological polar surface area (TPSA) is 75.3 Å². The van der Waals surface area contributed by atoms with Crippen LogP contribution >= 0.6 is 0 Å². The highest BCUT2D eigenvalue weighted by Crippen LogP contribution is 2.27. The summed E-state index contributed by atoms with van der Waals surface area (Å²) in [5.41, 5.74) is 7.13. The number of carboxylic acids is 1. The Bertz CT molecular complexity index is 445. The van der Waals surface area contributed by atoms with Crippen molar-refractivity contribution in [3.05, 3.63) is 23.8 Å². The number of nitrogens with two attached hydrogens (primary N) is 1. The summed E-state index contributed by atoms with van der Waals surface area (Å²) < 4.78 is 0. The van der Waals surface area contributed by atoms with E-state index in [-0.39, 0.29) is 5.56 Å². The van der Waals surface area contributed by atoms with Crippen molar-refractivity contribution in [3.8, 4) is 0 Å². The number of hydrogen-bond donors (Lipinski definition) is 3. The molecule has 0 aromatic heterocycles. The predicted molar refractivity (Wildman–Crippen MR) is 72.9 cm³/mol. The Morgan fingerprint density at radius 1 is 1.44 bits per heavy atom. The van der Waals surface area contributed by atoms with Crippen molar-refractivity contribution in [1.29, 1.82) is 0 Å². The maximum atomic E-state index is 10.9. The van der Waals surface area contributed by atoms with Gasteiger partial charge in [0.15, 0.2) is 0 Å². The van der Waals surface area contributed by atoms with Crippen molar-refractivity contribution in [1.82, 2.24) is 0 Å². The van der Waals surface area contributed by atoms with Gasteiger partial charge < -0.3 is 16.2 Å². The molecular formula is C14H20N2O2. The summed E-state index contributed by atoms with van der Waals surface area (Å²) in [7, 11) is 0. The number of aromatic carboxylic acids is 1. The number of carbonyl (C=O) groups is 1. The second-order valence-corrected chi connectivity index (χ2v) is 5.22. The summed E-state index contributed by atoms with van der Waals surface area (Å²) in [6.07, 6.45) is 4.89. The lowest BCUT2D eigenvalue weighted by atomic mass is 9.87. The van der Waals surface area contributed by atoms with Crippen LogP contribution in [0.4, 0.5) is 11.4 Å². The Labute approximate surface area is 107 Å². The van der Waals surface area contributed by atoms with Crippen molar-refractivity contribution >= 4 is 17.3 Å². The van der Waals surface area contributed by atoms with E-state index in [1.54, 1.807) is 18.2 Å². The van der Waals surface area contributed by atoms with Crippen LogP contribution in [-0.2, 0) is 0 Å². The molecule has 0 saturated heterocycles. The maximum Gasteiger partial charge on any atom is 0.337 e. The van der Waals surface area contributed by atoms with Gasteiger partial charge in [-0.1, -0.05) is 19.8 Å². The standard InChI is InChI=1S/C14H20N2O2/c1-9-3-2-4-10(7-9)16-11-5-6-12(14(17)18)13(15)8-11/h5-6,8-10,16H,2-4,7,15H2,1H3,(H,17,18). The smallest absolute Gasteiger partial charge is 0.337 e. The van der Waals surface area contributed by atoms with E-state index in [1.165, 1.54) is 25.7 Å². The molecule has 0 bridgehead atoms. The first kappa shape index (κ1) is 12.7. The minimum absolute atomic E-state index is 0.164. The number of nitrogen functional groups attached to an aromatic ring is 1. The number of carboxylic acid groups (broad SMARTS) is 1. The Kier molecular flexibility index (Phi) is 3.75. The van der Waals surface area contributed by atoms with Gasteiger partial charge in [0.05, 0.1) is 5.56 Å². The van der Waals surface area contributed by atoms with Crippen LogP contribution < -0.4 is 11.1 Å². The van der Waals surface area contributed by atoms with Gasteiger partial charge in [0.1, 0.15) is 0 Å². The highest BCUT2D eigenvalue weighted by atomic mass is 16.4. The van der Waals surface area contributed by atoms with E-state index < -0.39 is 5.97 Å². The van der Waals surface area contributed by atoms with Crippen LogP contribution in [0.25, 0.3) is 0 Å². The fourth-order valence-corrected chi connectivity index (χ4v) is 2.65. The lowest BCUT2D eigenvalue weighted by Crippen LogP contribution is -2.26. The molecule has 2 unspecified atom stereocenters. The van der Waals surface area contributed by atoms with Crippen molar-refractivity contribution in [2.24, 2.45) is 5.92 Å². The van der Waals surface area contributed by atoms with Crippen LogP contribution in [0.15, 0.2) is 18.2 Å². The number of anilines is 2. The Hall–Kier alpha value is -1.71. The first-order valence-corrected chi connectivity index (χ1v) is 6.45. The summed E-state index contributed by atoms with van der Waals surface area (Å²) in [5.74, 6) is -0.225. The van der Waals surface area contributed by atoms with Crippen molar-refractivity contribution in [2.75, 3.05) is 11.1 Å². The molecule has 0 aliphatic heterocycles. The highest BCUT2D eigenvalue weighted by molar-refractivity contribution is 5.94. The summed E-state index contributed by atoms with van der Waals surface area (Å²) in [6, 6.07) is 5.54. The molecule has 1 aromatic rings.